The molecule has 4 rings (SSSR count). The van der Waals surface area contributed by atoms with Gasteiger partial charge in [-0.15, -0.1) is 11.3 Å². The second kappa shape index (κ2) is 8.72. The first-order valence-corrected chi connectivity index (χ1v) is 10.9. The van der Waals surface area contributed by atoms with Crippen molar-refractivity contribution in [2.45, 2.75) is 19.5 Å². The van der Waals surface area contributed by atoms with Crippen molar-refractivity contribution < 1.29 is 28.6 Å². The van der Waals surface area contributed by atoms with E-state index in [2.05, 4.69) is 0 Å². The molecule has 1 aliphatic rings. The molecule has 0 aliphatic carbocycles. The summed E-state index contributed by atoms with van der Waals surface area (Å²) < 4.78 is 16.4. The van der Waals surface area contributed by atoms with Gasteiger partial charge in [0.25, 0.3) is 11.7 Å². The van der Waals surface area contributed by atoms with Gasteiger partial charge in [0.15, 0.2) is 0 Å². The lowest BCUT2D eigenvalue weighted by atomic mass is 9.98. The summed E-state index contributed by atoms with van der Waals surface area (Å²) in [5.74, 6) is -0.428. The average Bonchev–Trinajstić information content (AvgIpc) is 3.50. The number of methoxy groups -OCH3 is 2. The number of ketones is 1. The standard InChI is InChI=1S/C23H20ClNO6S/c1-12-6-7-16(31-12)20-19(22(27)23(28)25(20)11-13-5-4-8-32-13)21(26)14-9-18(30-3)15(24)10-17(14)29-2/h4-10,20,26H,11H2,1-3H3/b21-19+. The third-order valence-corrected chi connectivity index (χ3v) is 6.36. The van der Waals surface area contributed by atoms with E-state index in [1.165, 1.54) is 42.6 Å². The molecule has 1 unspecified atom stereocenters. The highest BCUT2D eigenvalue weighted by Gasteiger charge is 2.48. The van der Waals surface area contributed by atoms with Gasteiger partial charge in [-0.2, -0.15) is 0 Å². The highest BCUT2D eigenvalue weighted by Crippen LogP contribution is 2.44. The topological polar surface area (TPSA) is 89.2 Å². The molecule has 0 spiro atoms. The van der Waals surface area contributed by atoms with Crippen LogP contribution in [0.3, 0.4) is 0 Å². The predicted octanol–water partition coefficient (Wildman–Crippen LogP) is 4.94. The molecule has 0 radical (unpaired) electrons. The Kier molecular flexibility index (Phi) is 5.99. The fraction of sp³-hybridized carbons (Fsp3) is 0.217. The van der Waals surface area contributed by atoms with E-state index in [0.717, 1.165) is 4.88 Å². The van der Waals surface area contributed by atoms with E-state index in [1.807, 2.05) is 17.5 Å². The van der Waals surface area contributed by atoms with Crippen molar-refractivity contribution in [2.24, 2.45) is 0 Å². The maximum absolute atomic E-state index is 13.1. The van der Waals surface area contributed by atoms with Gasteiger partial charge in [0.05, 0.1) is 36.9 Å². The van der Waals surface area contributed by atoms with Crippen LogP contribution in [-0.4, -0.2) is 35.9 Å². The van der Waals surface area contributed by atoms with Crippen molar-refractivity contribution in [2.75, 3.05) is 14.2 Å². The molecule has 1 atom stereocenters. The molecule has 1 aromatic carbocycles. The summed E-state index contributed by atoms with van der Waals surface area (Å²) >= 11 is 7.65. The number of aliphatic hydroxyl groups excluding tert-OH is 1. The van der Waals surface area contributed by atoms with E-state index in [4.69, 9.17) is 25.5 Å². The molecule has 32 heavy (non-hydrogen) atoms. The van der Waals surface area contributed by atoms with Crippen LogP contribution < -0.4 is 9.47 Å². The number of Topliss-reactive ketones (excluding diaryl/α,β-unsaturated/α-hetero) is 1. The van der Waals surface area contributed by atoms with E-state index < -0.39 is 23.5 Å². The van der Waals surface area contributed by atoms with Crippen molar-refractivity contribution >= 4 is 40.4 Å². The molecule has 3 heterocycles. The smallest absolute Gasteiger partial charge is 0.296 e. The number of nitrogens with zero attached hydrogens (tertiary/aromatic N) is 1. The number of rotatable bonds is 6. The zero-order chi connectivity index (χ0) is 23.0. The van der Waals surface area contributed by atoms with E-state index in [9.17, 15) is 14.7 Å². The summed E-state index contributed by atoms with van der Waals surface area (Å²) in [4.78, 5) is 28.4. The van der Waals surface area contributed by atoms with Crippen molar-refractivity contribution in [1.82, 2.24) is 4.90 Å². The lowest BCUT2D eigenvalue weighted by molar-refractivity contribution is -0.140. The van der Waals surface area contributed by atoms with Gasteiger partial charge in [0.2, 0.25) is 0 Å². The molecule has 9 heteroatoms. The SMILES string of the molecule is COc1cc(/C(O)=C2\C(=O)C(=O)N(Cc3cccs3)C2c2ccc(C)o2)c(OC)cc1Cl. The molecule has 1 aliphatic heterocycles. The lowest BCUT2D eigenvalue weighted by Crippen LogP contribution is -2.28. The molecule has 3 aromatic rings. The van der Waals surface area contributed by atoms with Gasteiger partial charge in [0.1, 0.15) is 34.8 Å². The van der Waals surface area contributed by atoms with Gasteiger partial charge < -0.3 is 23.9 Å². The minimum Gasteiger partial charge on any atom is -0.507 e. The molecular weight excluding hydrogens is 454 g/mol. The van der Waals surface area contributed by atoms with Crippen LogP contribution in [-0.2, 0) is 16.1 Å². The first kappa shape index (κ1) is 22.0. The number of halogens is 1. The van der Waals surface area contributed by atoms with Gasteiger partial charge in [-0.1, -0.05) is 17.7 Å². The number of carbonyl (C=O) groups excluding carboxylic acids is 2. The van der Waals surface area contributed by atoms with Crippen LogP contribution in [0.25, 0.3) is 5.76 Å². The number of benzene rings is 1. The Labute approximate surface area is 193 Å². The van der Waals surface area contributed by atoms with Gasteiger partial charge in [0, 0.05) is 10.9 Å². The zero-order valence-electron chi connectivity index (χ0n) is 17.5. The molecule has 1 N–H and O–H groups in total. The summed E-state index contributed by atoms with van der Waals surface area (Å²) in [6.07, 6.45) is 0. The van der Waals surface area contributed by atoms with Gasteiger partial charge in [-0.05, 0) is 36.6 Å². The van der Waals surface area contributed by atoms with E-state index in [0.29, 0.717) is 11.5 Å². The molecular formula is C23H20ClNO6S. The molecule has 1 fully saturated rings. The monoisotopic (exact) mass is 473 g/mol. The third kappa shape index (κ3) is 3.76. The first-order chi connectivity index (χ1) is 15.3. The number of likely N-dealkylation sites (tertiary alicyclic amines) is 1. The lowest BCUT2D eigenvalue weighted by Gasteiger charge is -2.23. The fourth-order valence-electron chi connectivity index (χ4n) is 3.70. The van der Waals surface area contributed by atoms with Crippen LogP contribution in [0.15, 0.2) is 51.8 Å². The summed E-state index contributed by atoms with van der Waals surface area (Å²) in [6, 6.07) is 9.22. The Bertz CT molecular complexity index is 1210. The average molecular weight is 474 g/mol. The number of thiophene rings is 1. The van der Waals surface area contributed by atoms with E-state index >= 15 is 0 Å². The first-order valence-electron chi connectivity index (χ1n) is 9.64. The van der Waals surface area contributed by atoms with Gasteiger partial charge >= 0.3 is 0 Å². The Hall–Kier alpha value is -3.23. The molecule has 0 saturated carbocycles. The summed E-state index contributed by atoms with van der Waals surface area (Å²) in [5, 5.41) is 13.4. The number of hydrogen-bond donors (Lipinski definition) is 1. The summed E-state index contributed by atoms with van der Waals surface area (Å²) in [6.45, 7) is 1.96. The second-order valence-electron chi connectivity index (χ2n) is 7.14. The number of amides is 1. The Morgan fingerprint density at radius 2 is 1.94 bits per heavy atom. The Balaban J connectivity index is 1.91. The second-order valence-corrected chi connectivity index (χ2v) is 8.58. The van der Waals surface area contributed by atoms with Crippen LogP contribution >= 0.6 is 22.9 Å². The molecule has 7 nitrogen and oxygen atoms in total. The van der Waals surface area contributed by atoms with Crippen molar-refractivity contribution in [3.63, 3.8) is 0 Å². The number of hydrogen-bond acceptors (Lipinski definition) is 7. The van der Waals surface area contributed by atoms with Gasteiger partial charge in [-0.25, -0.2) is 0 Å². The van der Waals surface area contributed by atoms with Crippen molar-refractivity contribution in [3.8, 4) is 11.5 Å². The predicted molar refractivity (Wildman–Crippen MR) is 120 cm³/mol. The third-order valence-electron chi connectivity index (χ3n) is 5.21. The van der Waals surface area contributed by atoms with Gasteiger partial charge in [-0.3, -0.25) is 9.59 Å². The zero-order valence-corrected chi connectivity index (χ0v) is 19.1. The Morgan fingerprint density at radius 1 is 1.19 bits per heavy atom. The maximum Gasteiger partial charge on any atom is 0.296 e. The summed E-state index contributed by atoms with van der Waals surface area (Å²) in [5.41, 5.74) is 0.0831. The van der Waals surface area contributed by atoms with Crippen LogP contribution in [0.2, 0.25) is 5.02 Å². The molecule has 1 saturated heterocycles. The largest absolute Gasteiger partial charge is 0.507 e. The Morgan fingerprint density at radius 3 is 2.53 bits per heavy atom. The molecule has 0 bridgehead atoms. The van der Waals surface area contributed by atoms with Crippen LogP contribution in [0.1, 0.15) is 28.0 Å². The maximum atomic E-state index is 13.1. The highest BCUT2D eigenvalue weighted by atomic mass is 35.5. The van der Waals surface area contributed by atoms with Crippen molar-refractivity contribution in [3.05, 3.63) is 74.3 Å². The van der Waals surface area contributed by atoms with Crippen LogP contribution in [0, 0.1) is 6.92 Å². The number of furan rings is 1. The molecule has 1 amide bonds. The number of carbonyl (C=O) groups is 2. The normalized spacial score (nSPS) is 17.8. The number of aryl methyl sites for hydroxylation is 1. The van der Waals surface area contributed by atoms with E-state index in [1.54, 1.807) is 19.1 Å². The summed E-state index contributed by atoms with van der Waals surface area (Å²) in [7, 11) is 2.85. The quantitative estimate of drug-likeness (QED) is 0.310. The number of ether oxygens (including phenoxy) is 2. The van der Waals surface area contributed by atoms with Crippen LogP contribution in [0.5, 0.6) is 11.5 Å². The molecule has 2 aromatic heterocycles. The molecule has 166 valence electrons. The van der Waals surface area contributed by atoms with Crippen molar-refractivity contribution in [1.29, 1.82) is 0 Å². The minimum absolute atomic E-state index is 0.0939. The van der Waals surface area contributed by atoms with E-state index in [-0.39, 0.29) is 34.2 Å². The van der Waals surface area contributed by atoms with Crippen LogP contribution in [0.4, 0.5) is 0 Å². The highest BCUT2D eigenvalue weighted by molar-refractivity contribution is 7.09. The minimum atomic E-state index is -0.905. The fourth-order valence-corrected chi connectivity index (χ4v) is 4.63. The number of aliphatic hydroxyl groups is 1.